The van der Waals surface area contributed by atoms with Crippen LogP contribution in [-0.2, 0) is 0 Å². The molecule has 0 aliphatic carbocycles. The minimum Gasteiger partial charge on any atom is -0.480 e. The van der Waals surface area contributed by atoms with Gasteiger partial charge in [0.15, 0.2) is 5.65 Å². The Morgan fingerprint density at radius 1 is 1.32 bits per heavy atom. The number of fused-ring (bicyclic) bond motifs is 1. The van der Waals surface area contributed by atoms with Gasteiger partial charge in [0.05, 0.1) is 23.4 Å². The maximum absolute atomic E-state index is 10.2. The van der Waals surface area contributed by atoms with Crippen molar-refractivity contribution in [1.82, 2.24) is 19.5 Å². The largest absolute Gasteiger partial charge is 0.480 e. The fourth-order valence-electron chi connectivity index (χ4n) is 2.52. The van der Waals surface area contributed by atoms with Crippen molar-refractivity contribution in [1.29, 1.82) is 0 Å². The second-order valence-electron chi connectivity index (χ2n) is 4.89. The van der Waals surface area contributed by atoms with Crippen LogP contribution in [0.15, 0.2) is 30.6 Å². The van der Waals surface area contributed by atoms with Gasteiger partial charge in [0.1, 0.15) is 5.52 Å². The first-order valence-electron chi connectivity index (χ1n) is 6.95. The molecule has 0 aliphatic rings. The van der Waals surface area contributed by atoms with E-state index in [2.05, 4.69) is 15.0 Å². The molecule has 0 amide bonds. The SMILES string of the molecule is CCC(CO)n1c(O)nc2ncc(Cl)c(-c3ccccn3)c21. The van der Waals surface area contributed by atoms with Crippen molar-refractivity contribution in [3.8, 4) is 17.3 Å². The zero-order chi connectivity index (χ0) is 15.7. The highest BCUT2D eigenvalue weighted by Gasteiger charge is 2.23. The van der Waals surface area contributed by atoms with Crippen molar-refractivity contribution >= 4 is 22.8 Å². The molecule has 0 fully saturated rings. The van der Waals surface area contributed by atoms with Crippen LogP contribution in [0.5, 0.6) is 6.01 Å². The molecule has 7 heteroatoms. The van der Waals surface area contributed by atoms with Crippen LogP contribution in [0.25, 0.3) is 22.4 Å². The molecule has 0 aromatic carbocycles. The second-order valence-corrected chi connectivity index (χ2v) is 5.30. The van der Waals surface area contributed by atoms with Gasteiger partial charge in [-0.3, -0.25) is 9.55 Å². The highest BCUT2D eigenvalue weighted by Crippen LogP contribution is 2.36. The summed E-state index contributed by atoms with van der Waals surface area (Å²) in [4.78, 5) is 12.6. The van der Waals surface area contributed by atoms with Crippen molar-refractivity contribution in [2.45, 2.75) is 19.4 Å². The molecule has 6 nitrogen and oxygen atoms in total. The number of nitrogens with zero attached hydrogens (tertiary/aromatic N) is 4. The van der Waals surface area contributed by atoms with E-state index >= 15 is 0 Å². The van der Waals surface area contributed by atoms with Crippen LogP contribution in [0.4, 0.5) is 0 Å². The summed E-state index contributed by atoms with van der Waals surface area (Å²) in [5, 5.41) is 20.2. The Bertz CT molecular complexity index is 800. The molecular formula is C15H15ClN4O2. The van der Waals surface area contributed by atoms with Crippen LogP contribution < -0.4 is 0 Å². The molecule has 0 spiro atoms. The molecule has 0 saturated heterocycles. The van der Waals surface area contributed by atoms with Crippen molar-refractivity contribution in [3.63, 3.8) is 0 Å². The van der Waals surface area contributed by atoms with E-state index in [0.29, 0.717) is 33.9 Å². The third-order valence-corrected chi connectivity index (χ3v) is 3.90. The number of hydrogen-bond acceptors (Lipinski definition) is 5. The molecular weight excluding hydrogens is 304 g/mol. The summed E-state index contributed by atoms with van der Waals surface area (Å²) in [5.74, 6) is 0. The lowest BCUT2D eigenvalue weighted by atomic mass is 10.1. The second kappa shape index (κ2) is 5.90. The smallest absolute Gasteiger partial charge is 0.296 e. The molecule has 1 atom stereocenters. The number of imidazole rings is 1. The van der Waals surface area contributed by atoms with Gasteiger partial charge < -0.3 is 10.2 Å². The summed E-state index contributed by atoms with van der Waals surface area (Å²) in [7, 11) is 0. The van der Waals surface area contributed by atoms with Gasteiger partial charge in [0, 0.05) is 18.0 Å². The lowest BCUT2D eigenvalue weighted by Crippen LogP contribution is -2.12. The van der Waals surface area contributed by atoms with Crippen LogP contribution in [0.3, 0.4) is 0 Å². The van der Waals surface area contributed by atoms with E-state index in [1.54, 1.807) is 10.8 Å². The third kappa shape index (κ3) is 2.30. The fourth-order valence-corrected chi connectivity index (χ4v) is 2.76. The number of aromatic nitrogens is 4. The number of pyridine rings is 2. The molecule has 3 rings (SSSR count). The monoisotopic (exact) mass is 318 g/mol. The first-order valence-corrected chi connectivity index (χ1v) is 7.32. The summed E-state index contributed by atoms with van der Waals surface area (Å²) in [5.41, 5.74) is 2.25. The fraction of sp³-hybridized carbons (Fsp3) is 0.267. The summed E-state index contributed by atoms with van der Waals surface area (Å²) in [6.07, 6.45) is 3.79. The van der Waals surface area contributed by atoms with Crippen molar-refractivity contribution < 1.29 is 10.2 Å². The van der Waals surface area contributed by atoms with Crippen molar-refractivity contribution in [2.24, 2.45) is 0 Å². The zero-order valence-corrected chi connectivity index (χ0v) is 12.7. The first kappa shape index (κ1) is 14.7. The number of aliphatic hydroxyl groups excluding tert-OH is 1. The van der Waals surface area contributed by atoms with E-state index in [0.717, 1.165) is 0 Å². The molecule has 3 aromatic heterocycles. The highest BCUT2D eigenvalue weighted by atomic mass is 35.5. The Morgan fingerprint density at radius 3 is 2.77 bits per heavy atom. The van der Waals surface area contributed by atoms with Gasteiger partial charge in [0.25, 0.3) is 6.01 Å². The van der Waals surface area contributed by atoms with E-state index < -0.39 is 0 Å². The molecule has 0 bridgehead atoms. The lowest BCUT2D eigenvalue weighted by molar-refractivity contribution is 0.216. The van der Waals surface area contributed by atoms with Crippen LogP contribution in [0.2, 0.25) is 5.02 Å². The predicted octanol–water partition coefficient (Wildman–Crippen LogP) is 2.80. The van der Waals surface area contributed by atoms with Crippen LogP contribution in [0, 0.1) is 0 Å². The maximum Gasteiger partial charge on any atom is 0.296 e. The molecule has 2 N–H and O–H groups in total. The summed E-state index contributed by atoms with van der Waals surface area (Å²) >= 11 is 6.32. The summed E-state index contributed by atoms with van der Waals surface area (Å²) in [6, 6.07) is 4.99. The van der Waals surface area contributed by atoms with Gasteiger partial charge in [-0.15, -0.1) is 0 Å². The minimum absolute atomic E-state index is 0.121. The molecule has 22 heavy (non-hydrogen) atoms. The Balaban J connectivity index is 2.38. The van der Waals surface area contributed by atoms with E-state index in [4.69, 9.17) is 11.6 Å². The molecule has 0 radical (unpaired) electrons. The number of hydrogen-bond donors (Lipinski definition) is 2. The third-order valence-electron chi connectivity index (χ3n) is 3.62. The molecule has 114 valence electrons. The number of rotatable bonds is 4. The van der Waals surface area contributed by atoms with Crippen LogP contribution >= 0.6 is 11.6 Å². The Kier molecular flexibility index (Phi) is 3.96. The molecule has 0 saturated carbocycles. The van der Waals surface area contributed by atoms with E-state index in [-0.39, 0.29) is 18.7 Å². The first-order chi connectivity index (χ1) is 10.7. The van der Waals surface area contributed by atoms with Crippen LogP contribution in [0.1, 0.15) is 19.4 Å². The zero-order valence-electron chi connectivity index (χ0n) is 11.9. The van der Waals surface area contributed by atoms with Gasteiger partial charge in [-0.2, -0.15) is 4.98 Å². The standard InChI is InChI=1S/C15H15ClN4O2/c1-2-9(8-21)20-13-12(11-5-3-4-6-17-11)10(16)7-18-14(13)19-15(20)22/h3-7,9,21H,2,8H2,1H3,(H,18,19,22). The van der Waals surface area contributed by atoms with Gasteiger partial charge in [0.2, 0.25) is 0 Å². The summed E-state index contributed by atoms with van der Waals surface area (Å²) < 4.78 is 1.57. The Morgan fingerprint density at radius 2 is 2.14 bits per heavy atom. The Hall–Kier alpha value is -2.18. The number of halogens is 1. The van der Waals surface area contributed by atoms with Gasteiger partial charge in [-0.05, 0) is 18.6 Å². The van der Waals surface area contributed by atoms with Crippen LogP contribution in [-0.4, -0.2) is 36.3 Å². The maximum atomic E-state index is 10.2. The van der Waals surface area contributed by atoms with E-state index in [9.17, 15) is 10.2 Å². The highest BCUT2D eigenvalue weighted by molar-refractivity contribution is 6.34. The normalized spacial score (nSPS) is 12.7. The minimum atomic E-state index is -0.312. The van der Waals surface area contributed by atoms with Gasteiger partial charge in [-0.1, -0.05) is 24.6 Å². The van der Waals surface area contributed by atoms with E-state index in [1.807, 2.05) is 25.1 Å². The van der Waals surface area contributed by atoms with Crippen molar-refractivity contribution in [3.05, 3.63) is 35.6 Å². The van der Waals surface area contributed by atoms with Gasteiger partial charge in [-0.25, -0.2) is 4.98 Å². The van der Waals surface area contributed by atoms with Gasteiger partial charge >= 0.3 is 0 Å². The average molecular weight is 319 g/mol. The average Bonchev–Trinajstić information content (AvgIpc) is 2.86. The quantitative estimate of drug-likeness (QED) is 0.772. The predicted molar refractivity (Wildman–Crippen MR) is 83.8 cm³/mol. The summed E-state index contributed by atoms with van der Waals surface area (Å²) in [6.45, 7) is 1.80. The van der Waals surface area contributed by atoms with E-state index in [1.165, 1.54) is 6.20 Å². The number of aromatic hydroxyl groups is 1. The molecule has 1 unspecified atom stereocenters. The molecule has 3 heterocycles. The van der Waals surface area contributed by atoms with Crippen molar-refractivity contribution in [2.75, 3.05) is 6.61 Å². The topological polar surface area (TPSA) is 84.1 Å². The molecule has 0 aliphatic heterocycles. The lowest BCUT2D eigenvalue weighted by Gasteiger charge is -2.17. The Labute approximate surface area is 132 Å². The molecule has 3 aromatic rings. The number of aliphatic hydroxyl groups is 1.